The highest BCUT2D eigenvalue weighted by molar-refractivity contribution is 5.90. The topological polar surface area (TPSA) is 127 Å². The Bertz CT molecular complexity index is 1980. The summed E-state index contributed by atoms with van der Waals surface area (Å²) in [6.07, 6.45) is 8.63. The standard InChI is InChI=1S/C44H53N7O3/c1-5-23-50(41(52)25-30(4)7-3)28-39-45-26-37(47-39)33-17-13-31(14-18-33)32-15-19-34(20-16-32)38-27-46-40(48-38)29-51(24-6-2)44(54)42(35-11-9-8-10-12-35)49-43(53)36-21-22-36/h8-20,26-27,30,36,42H,5-7,21-25,28-29H2,1-4H3,(H,45,47)(H,46,48)(H,49,53)/t30-,42+/m0/s1. The Morgan fingerprint density at radius 3 is 1.72 bits per heavy atom. The van der Waals surface area contributed by atoms with Gasteiger partial charge >= 0.3 is 0 Å². The molecule has 0 unspecified atom stereocenters. The fraction of sp³-hybridized carbons (Fsp3) is 0.386. The van der Waals surface area contributed by atoms with Gasteiger partial charge in [0.15, 0.2) is 0 Å². The van der Waals surface area contributed by atoms with E-state index < -0.39 is 6.04 Å². The zero-order valence-electron chi connectivity index (χ0n) is 32.0. The van der Waals surface area contributed by atoms with E-state index in [1.165, 1.54) is 0 Å². The molecule has 0 radical (unpaired) electrons. The predicted molar refractivity (Wildman–Crippen MR) is 213 cm³/mol. The van der Waals surface area contributed by atoms with Crippen LogP contribution in [0.25, 0.3) is 33.6 Å². The Morgan fingerprint density at radius 1 is 0.722 bits per heavy atom. The Balaban J connectivity index is 1.09. The molecule has 3 amide bonds. The lowest BCUT2D eigenvalue weighted by atomic mass is 10.0. The van der Waals surface area contributed by atoms with Crippen molar-refractivity contribution in [2.75, 3.05) is 13.1 Å². The summed E-state index contributed by atoms with van der Waals surface area (Å²) in [6.45, 7) is 10.4. The maximum absolute atomic E-state index is 13.9. The molecule has 0 aliphatic heterocycles. The van der Waals surface area contributed by atoms with Gasteiger partial charge in [-0.05, 0) is 59.4 Å². The van der Waals surface area contributed by atoms with Gasteiger partial charge in [-0.2, -0.15) is 0 Å². The van der Waals surface area contributed by atoms with Crippen LogP contribution in [0.5, 0.6) is 0 Å². The van der Waals surface area contributed by atoms with Gasteiger partial charge in [0, 0.05) is 25.4 Å². The van der Waals surface area contributed by atoms with E-state index in [0.717, 1.165) is 83.7 Å². The third-order valence-electron chi connectivity index (χ3n) is 10.1. The summed E-state index contributed by atoms with van der Waals surface area (Å²) in [5.74, 6) is 1.83. The average molecular weight is 728 g/mol. The van der Waals surface area contributed by atoms with Crippen molar-refractivity contribution in [1.82, 2.24) is 35.1 Å². The number of imidazole rings is 2. The molecule has 3 aromatic carbocycles. The molecule has 1 aliphatic carbocycles. The second kappa shape index (κ2) is 18.0. The second-order valence-electron chi connectivity index (χ2n) is 14.6. The largest absolute Gasteiger partial charge is 0.341 e. The quantitative estimate of drug-likeness (QED) is 0.0837. The van der Waals surface area contributed by atoms with Crippen molar-refractivity contribution in [3.63, 3.8) is 0 Å². The Morgan fingerprint density at radius 2 is 1.22 bits per heavy atom. The first-order valence-electron chi connectivity index (χ1n) is 19.5. The SMILES string of the molecule is CCCN(Cc1ncc(-c2ccc(-c3ccc(-c4cnc(CN(CCC)C(=O)[C@H](NC(=O)C5CC5)c5ccccc5)[nH]4)cc3)cc2)[nH]1)C(=O)C[C@@H](C)CC. The minimum atomic E-state index is -0.739. The molecule has 5 aromatic rings. The number of rotatable bonds is 18. The van der Waals surface area contributed by atoms with Crippen LogP contribution in [0.1, 0.15) is 89.5 Å². The number of amides is 3. The first-order chi connectivity index (χ1) is 26.3. The van der Waals surface area contributed by atoms with Crippen LogP contribution in [-0.2, 0) is 27.5 Å². The van der Waals surface area contributed by atoms with Crippen molar-refractivity contribution >= 4 is 17.7 Å². The van der Waals surface area contributed by atoms with E-state index in [1.807, 2.05) is 48.4 Å². The van der Waals surface area contributed by atoms with E-state index in [4.69, 9.17) is 0 Å². The van der Waals surface area contributed by atoms with E-state index in [-0.39, 0.29) is 23.6 Å². The van der Waals surface area contributed by atoms with Crippen LogP contribution in [0, 0.1) is 11.8 Å². The van der Waals surface area contributed by atoms with Gasteiger partial charge in [0.1, 0.15) is 17.7 Å². The van der Waals surface area contributed by atoms with Crippen molar-refractivity contribution in [2.45, 2.75) is 85.4 Å². The highest BCUT2D eigenvalue weighted by Gasteiger charge is 2.34. The minimum Gasteiger partial charge on any atom is -0.341 e. The van der Waals surface area contributed by atoms with Crippen LogP contribution in [-0.4, -0.2) is 60.5 Å². The van der Waals surface area contributed by atoms with Gasteiger partial charge in [-0.1, -0.05) is 113 Å². The first-order valence-corrected chi connectivity index (χ1v) is 19.5. The molecule has 0 spiro atoms. The fourth-order valence-corrected chi connectivity index (χ4v) is 6.62. The summed E-state index contributed by atoms with van der Waals surface area (Å²) >= 11 is 0. The van der Waals surface area contributed by atoms with Crippen LogP contribution in [0.15, 0.2) is 91.3 Å². The van der Waals surface area contributed by atoms with Gasteiger partial charge in [-0.25, -0.2) is 9.97 Å². The third kappa shape index (κ3) is 9.72. The lowest BCUT2D eigenvalue weighted by molar-refractivity contribution is -0.137. The maximum atomic E-state index is 13.9. The van der Waals surface area contributed by atoms with Crippen molar-refractivity contribution in [3.05, 3.63) is 108 Å². The number of carbonyl (C=O) groups is 3. The normalized spacial score (nSPS) is 13.6. The molecule has 1 aliphatic rings. The van der Waals surface area contributed by atoms with E-state index in [9.17, 15) is 14.4 Å². The number of aromatic amines is 2. The molecule has 2 aromatic heterocycles. The van der Waals surface area contributed by atoms with Gasteiger partial charge in [-0.3, -0.25) is 14.4 Å². The van der Waals surface area contributed by atoms with Crippen LogP contribution >= 0.6 is 0 Å². The molecule has 10 nitrogen and oxygen atoms in total. The number of carbonyl (C=O) groups excluding carboxylic acids is 3. The zero-order valence-corrected chi connectivity index (χ0v) is 32.0. The third-order valence-corrected chi connectivity index (χ3v) is 10.1. The number of nitrogens with one attached hydrogen (secondary N) is 3. The molecule has 6 rings (SSSR count). The molecule has 2 heterocycles. The zero-order chi connectivity index (χ0) is 38.0. The molecule has 2 atom stereocenters. The highest BCUT2D eigenvalue weighted by Crippen LogP contribution is 2.31. The molecular weight excluding hydrogens is 675 g/mol. The smallest absolute Gasteiger partial charge is 0.250 e. The molecule has 10 heteroatoms. The highest BCUT2D eigenvalue weighted by atomic mass is 16.2. The Labute approximate surface area is 318 Å². The summed E-state index contributed by atoms with van der Waals surface area (Å²) in [5, 5.41) is 3.02. The average Bonchev–Trinajstić information content (AvgIpc) is 3.78. The van der Waals surface area contributed by atoms with E-state index in [0.29, 0.717) is 37.8 Å². The Hall–Kier alpha value is -5.51. The van der Waals surface area contributed by atoms with Crippen LogP contribution in [0.4, 0.5) is 0 Å². The summed E-state index contributed by atoms with van der Waals surface area (Å²) in [4.78, 5) is 59.4. The second-order valence-corrected chi connectivity index (χ2v) is 14.6. The monoisotopic (exact) mass is 727 g/mol. The lowest BCUT2D eigenvalue weighted by Gasteiger charge is -2.27. The Kier molecular flexibility index (Phi) is 12.7. The summed E-state index contributed by atoms with van der Waals surface area (Å²) in [5.41, 5.74) is 6.77. The maximum Gasteiger partial charge on any atom is 0.250 e. The number of aromatic nitrogens is 4. The van der Waals surface area contributed by atoms with Gasteiger partial charge in [0.05, 0.1) is 36.9 Å². The minimum absolute atomic E-state index is 0.00329. The summed E-state index contributed by atoms with van der Waals surface area (Å²) in [6, 6.07) is 25.4. The van der Waals surface area contributed by atoms with Crippen LogP contribution in [0.3, 0.4) is 0 Å². The molecule has 0 bridgehead atoms. The summed E-state index contributed by atoms with van der Waals surface area (Å²) in [7, 11) is 0. The van der Waals surface area contributed by atoms with Crippen molar-refractivity contribution < 1.29 is 14.4 Å². The van der Waals surface area contributed by atoms with Crippen molar-refractivity contribution in [2.24, 2.45) is 11.8 Å². The van der Waals surface area contributed by atoms with Crippen LogP contribution in [0.2, 0.25) is 0 Å². The molecule has 1 saturated carbocycles. The van der Waals surface area contributed by atoms with Gasteiger partial charge < -0.3 is 25.1 Å². The number of hydrogen-bond donors (Lipinski definition) is 3. The molecule has 3 N–H and O–H groups in total. The van der Waals surface area contributed by atoms with E-state index >= 15 is 0 Å². The van der Waals surface area contributed by atoms with Crippen molar-refractivity contribution in [1.29, 1.82) is 0 Å². The number of benzene rings is 3. The fourth-order valence-electron chi connectivity index (χ4n) is 6.62. The van der Waals surface area contributed by atoms with E-state index in [1.54, 1.807) is 11.1 Å². The van der Waals surface area contributed by atoms with Gasteiger partial charge in [0.2, 0.25) is 17.7 Å². The first kappa shape index (κ1) is 38.2. The molecule has 1 fully saturated rings. The number of H-pyrrole nitrogens is 2. The number of nitrogens with zero attached hydrogens (tertiary/aromatic N) is 4. The molecule has 54 heavy (non-hydrogen) atoms. The van der Waals surface area contributed by atoms with E-state index in [2.05, 4.69) is 94.6 Å². The van der Waals surface area contributed by atoms with Crippen molar-refractivity contribution in [3.8, 4) is 33.6 Å². The van der Waals surface area contributed by atoms with Gasteiger partial charge in [-0.15, -0.1) is 0 Å². The molecule has 0 saturated heterocycles. The van der Waals surface area contributed by atoms with Gasteiger partial charge in [0.25, 0.3) is 0 Å². The summed E-state index contributed by atoms with van der Waals surface area (Å²) < 4.78 is 0. The van der Waals surface area contributed by atoms with Crippen LogP contribution < -0.4 is 5.32 Å². The molecular formula is C44H53N7O3. The predicted octanol–water partition coefficient (Wildman–Crippen LogP) is 8.31. The molecule has 282 valence electrons. The lowest BCUT2D eigenvalue weighted by Crippen LogP contribution is -2.43. The number of hydrogen-bond acceptors (Lipinski definition) is 5.